The van der Waals surface area contributed by atoms with Gasteiger partial charge in [0.1, 0.15) is 0 Å². The van der Waals surface area contributed by atoms with Crippen molar-refractivity contribution in [1.29, 1.82) is 0 Å². The molecule has 0 radical (unpaired) electrons. The second-order valence-electron chi connectivity index (χ2n) is 6.37. The van der Waals surface area contributed by atoms with Crippen molar-refractivity contribution in [3.63, 3.8) is 0 Å². The van der Waals surface area contributed by atoms with Crippen LogP contribution in [0.5, 0.6) is 0 Å². The summed E-state index contributed by atoms with van der Waals surface area (Å²) in [5.74, 6) is -0.730. The molecule has 0 amide bonds. The quantitative estimate of drug-likeness (QED) is 0.900. The zero-order chi connectivity index (χ0) is 14.9. The molecule has 1 N–H and O–H groups in total. The van der Waals surface area contributed by atoms with E-state index in [0.29, 0.717) is 12.6 Å². The van der Waals surface area contributed by atoms with E-state index in [2.05, 4.69) is 59.8 Å². The molecule has 1 atom stereocenters. The molecule has 20 heavy (non-hydrogen) atoms. The van der Waals surface area contributed by atoms with E-state index < -0.39 is 5.97 Å². The fourth-order valence-electron chi connectivity index (χ4n) is 3.09. The molecule has 0 saturated carbocycles. The van der Waals surface area contributed by atoms with E-state index in [1.165, 1.54) is 15.6 Å². The van der Waals surface area contributed by atoms with Crippen LogP contribution in [0.2, 0.25) is 0 Å². The van der Waals surface area contributed by atoms with Gasteiger partial charge in [0.05, 0.1) is 6.42 Å². The summed E-state index contributed by atoms with van der Waals surface area (Å²) in [6.45, 7) is 7.07. The molecule has 1 aliphatic carbocycles. The van der Waals surface area contributed by atoms with Gasteiger partial charge in [0.15, 0.2) is 0 Å². The lowest BCUT2D eigenvalue weighted by Crippen LogP contribution is -2.44. The molecule has 4 heteroatoms. The zero-order valence-electron chi connectivity index (χ0n) is 12.3. The van der Waals surface area contributed by atoms with Crippen molar-refractivity contribution in [3.05, 3.63) is 33.8 Å². The molecule has 0 fully saturated rings. The van der Waals surface area contributed by atoms with Crippen LogP contribution in [0.4, 0.5) is 0 Å². The Kier molecular flexibility index (Phi) is 4.55. The van der Waals surface area contributed by atoms with Gasteiger partial charge in [-0.15, -0.1) is 0 Å². The van der Waals surface area contributed by atoms with Gasteiger partial charge >= 0.3 is 5.97 Å². The average molecular weight is 340 g/mol. The van der Waals surface area contributed by atoms with Crippen molar-refractivity contribution in [2.75, 3.05) is 6.54 Å². The van der Waals surface area contributed by atoms with Crippen molar-refractivity contribution in [2.45, 2.75) is 51.6 Å². The molecule has 1 aliphatic rings. The molecule has 0 aromatic heterocycles. The number of halogens is 1. The molecule has 0 saturated heterocycles. The highest BCUT2D eigenvalue weighted by Crippen LogP contribution is 2.41. The first-order valence-electron chi connectivity index (χ1n) is 7.06. The van der Waals surface area contributed by atoms with E-state index in [4.69, 9.17) is 5.11 Å². The Morgan fingerprint density at radius 3 is 2.75 bits per heavy atom. The lowest BCUT2D eigenvalue weighted by atomic mass is 9.98. The number of aliphatic carboxylic acids is 1. The van der Waals surface area contributed by atoms with Crippen molar-refractivity contribution in [1.82, 2.24) is 4.90 Å². The minimum Gasteiger partial charge on any atom is -0.481 e. The average Bonchev–Trinajstić information content (AvgIpc) is 2.73. The summed E-state index contributed by atoms with van der Waals surface area (Å²) in [7, 11) is 0. The Balaban J connectivity index is 2.28. The van der Waals surface area contributed by atoms with E-state index in [9.17, 15) is 4.79 Å². The van der Waals surface area contributed by atoms with Crippen LogP contribution in [0.15, 0.2) is 22.7 Å². The molecule has 110 valence electrons. The number of nitrogens with zero attached hydrogens (tertiary/aromatic N) is 1. The van der Waals surface area contributed by atoms with Crippen LogP contribution in [-0.4, -0.2) is 28.1 Å². The van der Waals surface area contributed by atoms with Gasteiger partial charge in [0.2, 0.25) is 0 Å². The molecule has 1 aromatic carbocycles. The third-order valence-electron chi connectivity index (χ3n) is 3.99. The van der Waals surface area contributed by atoms with Crippen LogP contribution in [0.3, 0.4) is 0 Å². The second-order valence-corrected chi connectivity index (χ2v) is 7.22. The standard InChI is InChI=1S/C16H22BrNO2/c1-16(2,3)18(10-9-15(19)20)14-8-7-11-12(14)5-4-6-13(11)17/h4-6,14H,7-10H2,1-3H3,(H,19,20). The first-order valence-corrected chi connectivity index (χ1v) is 7.86. The first kappa shape index (κ1) is 15.5. The summed E-state index contributed by atoms with van der Waals surface area (Å²) < 4.78 is 1.17. The fourth-order valence-corrected chi connectivity index (χ4v) is 3.67. The van der Waals surface area contributed by atoms with Gasteiger partial charge in [0, 0.05) is 22.6 Å². The molecule has 0 spiro atoms. The van der Waals surface area contributed by atoms with Gasteiger partial charge in [0.25, 0.3) is 0 Å². The summed E-state index contributed by atoms with van der Waals surface area (Å²) >= 11 is 3.62. The Morgan fingerprint density at radius 2 is 2.15 bits per heavy atom. The van der Waals surface area contributed by atoms with E-state index in [-0.39, 0.29) is 12.0 Å². The lowest BCUT2D eigenvalue weighted by Gasteiger charge is -2.40. The normalized spacial score (nSPS) is 18.4. The number of hydrogen-bond acceptors (Lipinski definition) is 2. The molecule has 1 unspecified atom stereocenters. The van der Waals surface area contributed by atoms with Crippen molar-refractivity contribution in [3.8, 4) is 0 Å². The highest BCUT2D eigenvalue weighted by Gasteiger charge is 2.34. The minimum atomic E-state index is -0.730. The molecule has 0 aliphatic heterocycles. The highest BCUT2D eigenvalue weighted by molar-refractivity contribution is 9.10. The van der Waals surface area contributed by atoms with E-state index in [0.717, 1.165) is 12.8 Å². The summed E-state index contributed by atoms with van der Waals surface area (Å²) in [6, 6.07) is 6.65. The van der Waals surface area contributed by atoms with Crippen LogP contribution in [0.1, 0.15) is 50.8 Å². The van der Waals surface area contributed by atoms with Crippen molar-refractivity contribution >= 4 is 21.9 Å². The van der Waals surface area contributed by atoms with Gasteiger partial charge in [-0.1, -0.05) is 28.1 Å². The SMILES string of the molecule is CC(C)(C)N(CCC(=O)O)C1CCc2c(Br)cccc21. The van der Waals surface area contributed by atoms with E-state index in [1.807, 2.05) is 0 Å². The molecule has 1 aromatic rings. The largest absolute Gasteiger partial charge is 0.481 e. The number of carbonyl (C=O) groups is 1. The summed E-state index contributed by atoms with van der Waals surface area (Å²) in [6.07, 6.45) is 2.31. The zero-order valence-corrected chi connectivity index (χ0v) is 13.9. The van der Waals surface area contributed by atoms with Crippen LogP contribution in [0.25, 0.3) is 0 Å². The van der Waals surface area contributed by atoms with Gasteiger partial charge in [-0.3, -0.25) is 9.69 Å². The second kappa shape index (κ2) is 5.86. The van der Waals surface area contributed by atoms with Crippen LogP contribution >= 0.6 is 15.9 Å². The van der Waals surface area contributed by atoms with Gasteiger partial charge in [-0.05, 0) is 50.8 Å². The predicted molar refractivity (Wildman–Crippen MR) is 83.9 cm³/mol. The Bertz CT molecular complexity index is 508. The maximum absolute atomic E-state index is 10.9. The number of carboxylic acids is 1. The Labute approximate surface area is 129 Å². The number of benzene rings is 1. The highest BCUT2D eigenvalue weighted by atomic mass is 79.9. The Hall–Kier alpha value is -0.870. The van der Waals surface area contributed by atoms with Gasteiger partial charge < -0.3 is 5.11 Å². The fraction of sp³-hybridized carbons (Fsp3) is 0.562. The monoisotopic (exact) mass is 339 g/mol. The van der Waals surface area contributed by atoms with Crippen LogP contribution in [0, 0.1) is 0 Å². The predicted octanol–water partition coefficient (Wildman–Crippen LogP) is 4.01. The molecular formula is C16H22BrNO2. The van der Waals surface area contributed by atoms with Crippen LogP contribution in [-0.2, 0) is 11.2 Å². The number of fused-ring (bicyclic) bond motifs is 1. The molecule has 2 rings (SSSR count). The Morgan fingerprint density at radius 1 is 1.45 bits per heavy atom. The minimum absolute atomic E-state index is 0.0377. The third kappa shape index (κ3) is 3.23. The molecular weight excluding hydrogens is 318 g/mol. The molecule has 0 bridgehead atoms. The lowest BCUT2D eigenvalue weighted by molar-refractivity contribution is -0.137. The summed E-state index contributed by atoms with van der Waals surface area (Å²) in [5.41, 5.74) is 2.69. The molecule has 3 nitrogen and oxygen atoms in total. The van der Waals surface area contributed by atoms with Gasteiger partial charge in [-0.2, -0.15) is 0 Å². The van der Waals surface area contributed by atoms with Crippen molar-refractivity contribution < 1.29 is 9.90 Å². The number of carboxylic acid groups (broad SMARTS) is 1. The van der Waals surface area contributed by atoms with E-state index in [1.54, 1.807) is 0 Å². The van der Waals surface area contributed by atoms with Crippen LogP contribution < -0.4 is 0 Å². The molecule has 0 heterocycles. The van der Waals surface area contributed by atoms with Crippen molar-refractivity contribution in [2.24, 2.45) is 0 Å². The summed E-state index contributed by atoms with van der Waals surface area (Å²) in [5, 5.41) is 8.98. The summed E-state index contributed by atoms with van der Waals surface area (Å²) in [4.78, 5) is 13.2. The van der Waals surface area contributed by atoms with Gasteiger partial charge in [-0.25, -0.2) is 0 Å². The number of rotatable bonds is 4. The van der Waals surface area contributed by atoms with E-state index >= 15 is 0 Å². The smallest absolute Gasteiger partial charge is 0.304 e. The maximum Gasteiger partial charge on any atom is 0.304 e. The topological polar surface area (TPSA) is 40.5 Å². The maximum atomic E-state index is 10.9. The first-order chi connectivity index (χ1) is 9.30. The third-order valence-corrected chi connectivity index (χ3v) is 4.73. The number of hydrogen-bond donors (Lipinski definition) is 1.